The van der Waals surface area contributed by atoms with Gasteiger partial charge in [0.1, 0.15) is 0 Å². The van der Waals surface area contributed by atoms with E-state index in [4.69, 9.17) is 16.2 Å². The zero-order chi connectivity index (χ0) is 10.3. The van der Waals surface area contributed by atoms with Gasteiger partial charge in [-0.1, -0.05) is 26.2 Å². The van der Waals surface area contributed by atoms with Crippen molar-refractivity contribution in [3.8, 4) is 0 Å². The lowest BCUT2D eigenvalue weighted by molar-refractivity contribution is 0.371. The fraction of sp³-hybridized carbons (Fsp3) is 1.00. The van der Waals surface area contributed by atoms with E-state index < -0.39 is 10.3 Å². The third-order valence-electron chi connectivity index (χ3n) is 1.72. The second-order valence-corrected chi connectivity index (χ2v) is 4.48. The summed E-state index contributed by atoms with van der Waals surface area (Å²) in [5, 5.41) is 0. The largest absolute Gasteiger partial charge is 0.337 e. The lowest BCUT2D eigenvalue weighted by Gasteiger charge is -2.14. The van der Waals surface area contributed by atoms with Gasteiger partial charge in [0.05, 0.1) is 6.00 Å². The predicted molar refractivity (Wildman–Crippen MR) is 53.1 cm³/mol. The second kappa shape index (κ2) is 6.59. The molecule has 0 aliphatic heterocycles. The summed E-state index contributed by atoms with van der Waals surface area (Å²) in [5.74, 6) is 0. The van der Waals surface area contributed by atoms with Crippen LogP contribution in [-0.2, 0) is 10.3 Å². The summed E-state index contributed by atoms with van der Waals surface area (Å²) in [6.45, 7) is 2.37. The van der Waals surface area contributed by atoms with E-state index in [1.54, 1.807) is 0 Å². The standard InChI is InChI=1S/C7H16ClNO3S/c1-2-3-4-5-6-9(7-8)13(10,11)12/h2-7H2,1H3,(H,10,11,12). The summed E-state index contributed by atoms with van der Waals surface area (Å²) in [5.41, 5.74) is 0. The molecule has 0 aromatic carbocycles. The summed E-state index contributed by atoms with van der Waals surface area (Å²) in [6, 6.07) is -0.190. The Morgan fingerprint density at radius 3 is 2.31 bits per heavy atom. The van der Waals surface area contributed by atoms with Crippen molar-refractivity contribution in [2.24, 2.45) is 0 Å². The average molecular weight is 230 g/mol. The highest BCUT2D eigenvalue weighted by Gasteiger charge is 2.16. The van der Waals surface area contributed by atoms with Gasteiger partial charge in [0.2, 0.25) is 0 Å². The first kappa shape index (κ1) is 13.2. The van der Waals surface area contributed by atoms with Crippen LogP contribution in [0.4, 0.5) is 0 Å². The molecule has 4 nitrogen and oxygen atoms in total. The van der Waals surface area contributed by atoms with Crippen molar-refractivity contribution >= 4 is 21.9 Å². The summed E-state index contributed by atoms with van der Waals surface area (Å²) >= 11 is 5.35. The van der Waals surface area contributed by atoms with Crippen LogP contribution in [0.1, 0.15) is 32.6 Å². The third-order valence-corrected chi connectivity index (χ3v) is 3.12. The molecule has 0 fully saturated rings. The number of alkyl halides is 1. The van der Waals surface area contributed by atoms with E-state index in [2.05, 4.69) is 6.92 Å². The van der Waals surface area contributed by atoms with E-state index in [0.717, 1.165) is 30.0 Å². The van der Waals surface area contributed by atoms with Gasteiger partial charge in [-0.2, -0.15) is 12.7 Å². The maximum atomic E-state index is 10.6. The number of hydrogen-bond donors (Lipinski definition) is 1. The minimum atomic E-state index is -4.10. The molecule has 6 heteroatoms. The molecule has 0 saturated heterocycles. The van der Waals surface area contributed by atoms with Crippen LogP contribution >= 0.6 is 11.6 Å². The van der Waals surface area contributed by atoms with Crippen LogP contribution in [0.25, 0.3) is 0 Å². The molecule has 0 aliphatic rings. The topological polar surface area (TPSA) is 57.6 Å². The van der Waals surface area contributed by atoms with E-state index in [0.29, 0.717) is 6.54 Å². The zero-order valence-electron chi connectivity index (χ0n) is 7.74. The SMILES string of the molecule is CCCCCCN(CCl)S(=O)(=O)O. The molecule has 13 heavy (non-hydrogen) atoms. The molecule has 0 spiro atoms. The van der Waals surface area contributed by atoms with Crippen LogP contribution in [-0.4, -0.2) is 29.8 Å². The summed E-state index contributed by atoms with van der Waals surface area (Å²) in [7, 11) is -4.10. The Morgan fingerprint density at radius 2 is 1.92 bits per heavy atom. The molecule has 0 aromatic rings. The maximum Gasteiger partial charge on any atom is 0.337 e. The molecule has 80 valence electrons. The molecule has 0 saturated carbocycles. The Hall–Kier alpha value is 0.160. The molecule has 0 heterocycles. The molecule has 1 N–H and O–H groups in total. The molecule has 0 amide bonds. The monoisotopic (exact) mass is 229 g/mol. The van der Waals surface area contributed by atoms with Crippen molar-refractivity contribution in [1.29, 1.82) is 0 Å². The van der Waals surface area contributed by atoms with Crippen molar-refractivity contribution in [3.05, 3.63) is 0 Å². The fourth-order valence-corrected chi connectivity index (χ4v) is 1.92. The first-order chi connectivity index (χ1) is 6.02. The number of hydrogen-bond acceptors (Lipinski definition) is 2. The highest BCUT2D eigenvalue weighted by molar-refractivity contribution is 7.83. The van der Waals surface area contributed by atoms with Gasteiger partial charge >= 0.3 is 10.3 Å². The fourth-order valence-electron chi connectivity index (χ4n) is 0.952. The van der Waals surface area contributed by atoms with Crippen molar-refractivity contribution < 1.29 is 13.0 Å². The summed E-state index contributed by atoms with van der Waals surface area (Å²) in [4.78, 5) is 0. The van der Waals surface area contributed by atoms with Gasteiger partial charge in [0.15, 0.2) is 0 Å². The van der Waals surface area contributed by atoms with Crippen molar-refractivity contribution in [2.75, 3.05) is 12.5 Å². The van der Waals surface area contributed by atoms with E-state index in [9.17, 15) is 8.42 Å². The van der Waals surface area contributed by atoms with Gasteiger partial charge in [-0.15, -0.1) is 11.6 Å². The Balaban J connectivity index is 3.74. The Morgan fingerprint density at radius 1 is 1.31 bits per heavy atom. The van der Waals surface area contributed by atoms with Crippen LogP contribution in [0.15, 0.2) is 0 Å². The van der Waals surface area contributed by atoms with Gasteiger partial charge < -0.3 is 0 Å². The highest BCUT2D eigenvalue weighted by atomic mass is 35.5. The summed E-state index contributed by atoms with van der Waals surface area (Å²) < 4.78 is 30.7. The molecule has 0 atom stereocenters. The Kier molecular flexibility index (Phi) is 6.67. The normalized spacial score (nSPS) is 12.3. The molecule has 0 unspecified atom stereocenters. The number of unbranched alkanes of at least 4 members (excludes halogenated alkanes) is 3. The zero-order valence-corrected chi connectivity index (χ0v) is 9.31. The van der Waals surface area contributed by atoms with Crippen LogP contribution in [0.5, 0.6) is 0 Å². The first-order valence-corrected chi connectivity index (χ1v) is 6.24. The van der Waals surface area contributed by atoms with Gasteiger partial charge in [-0.3, -0.25) is 4.55 Å². The van der Waals surface area contributed by atoms with Crippen molar-refractivity contribution in [2.45, 2.75) is 32.6 Å². The lowest BCUT2D eigenvalue weighted by atomic mass is 10.2. The van der Waals surface area contributed by atoms with Crippen LogP contribution in [0, 0.1) is 0 Å². The van der Waals surface area contributed by atoms with Crippen LogP contribution < -0.4 is 0 Å². The average Bonchev–Trinajstić information content (AvgIpc) is 2.02. The number of nitrogens with zero attached hydrogens (tertiary/aromatic N) is 1. The summed E-state index contributed by atoms with van der Waals surface area (Å²) in [6.07, 6.45) is 3.86. The van der Waals surface area contributed by atoms with Crippen LogP contribution in [0.3, 0.4) is 0 Å². The Labute approximate surface area is 84.8 Å². The lowest BCUT2D eigenvalue weighted by Crippen LogP contribution is -2.30. The smallest absolute Gasteiger partial charge is 0.273 e. The predicted octanol–water partition coefficient (Wildman–Crippen LogP) is 1.87. The molecule has 0 bridgehead atoms. The first-order valence-electron chi connectivity index (χ1n) is 4.31. The van der Waals surface area contributed by atoms with Crippen molar-refractivity contribution in [3.63, 3.8) is 0 Å². The van der Waals surface area contributed by atoms with Crippen molar-refractivity contribution in [1.82, 2.24) is 4.31 Å². The second-order valence-electron chi connectivity index (χ2n) is 2.83. The van der Waals surface area contributed by atoms with Gasteiger partial charge in [0, 0.05) is 6.54 Å². The van der Waals surface area contributed by atoms with E-state index in [1.807, 2.05) is 0 Å². The van der Waals surface area contributed by atoms with Gasteiger partial charge in [0.25, 0.3) is 0 Å². The maximum absolute atomic E-state index is 10.6. The Bertz CT molecular complexity index is 218. The quantitative estimate of drug-likeness (QED) is 0.314. The minimum Gasteiger partial charge on any atom is -0.273 e. The van der Waals surface area contributed by atoms with E-state index in [-0.39, 0.29) is 6.00 Å². The van der Waals surface area contributed by atoms with E-state index in [1.165, 1.54) is 0 Å². The minimum absolute atomic E-state index is 0.190. The van der Waals surface area contributed by atoms with Gasteiger partial charge in [-0.25, -0.2) is 0 Å². The molecule has 0 rings (SSSR count). The molecule has 0 aliphatic carbocycles. The van der Waals surface area contributed by atoms with Gasteiger partial charge in [-0.05, 0) is 6.42 Å². The van der Waals surface area contributed by atoms with Crippen LogP contribution in [0.2, 0.25) is 0 Å². The highest BCUT2D eigenvalue weighted by Crippen LogP contribution is 2.05. The third kappa shape index (κ3) is 6.26. The molecule has 0 aromatic heterocycles. The molecular weight excluding hydrogens is 214 g/mol. The van der Waals surface area contributed by atoms with E-state index >= 15 is 0 Å². The number of halogens is 1. The molecular formula is C7H16ClNO3S. The molecule has 0 radical (unpaired) electrons. The number of rotatable bonds is 7.